The molecular formula is C11H10F2N4O3S. The molecule has 0 atom stereocenters. The third kappa shape index (κ3) is 3.40. The van der Waals surface area contributed by atoms with Crippen LogP contribution in [0, 0.1) is 11.6 Å². The molecule has 0 bridgehead atoms. The van der Waals surface area contributed by atoms with Crippen LogP contribution >= 0.6 is 0 Å². The van der Waals surface area contributed by atoms with Crippen LogP contribution in [0.1, 0.15) is 12.7 Å². The molecule has 0 aliphatic rings. The molecule has 0 aliphatic carbocycles. The Morgan fingerprint density at radius 2 is 1.95 bits per heavy atom. The average Bonchev–Trinajstić information content (AvgIpc) is 2.82. The molecule has 1 heterocycles. The Bertz CT molecular complexity index is 768. The number of sulfonamides is 1. The van der Waals surface area contributed by atoms with Crippen molar-refractivity contribution in [3.05, 3.63) is 35.7 Å². The molecule has 2 N–H and O–H groups in total. The van der Waals surface area contributed by atoms with Crippen molar-refractivity contribution in [2.24, 2.45) is 0 Å². The molecule has 21 heavy (non-hydrogen) atoms. The van der Waals surface area contributed by atoms with Crippen LogP contribution in [0.3, 0.4) is 0 Å². The standard InChI is InChI=1S/C11H10F2N4O3S/c1-6(18)5-9-14-11(16-15-9)21(19,20)17-10-7(12)3-2-4-8(10)13/h2-4,17H,5H2,1H3,(H,14,15,16). The van der Waals surface area contributed by atoms with E-state index >= 15 is 0 Å². The summed E-state index contributed by atoms with van der Waals surface area (Å²) >= 11 is 0. The number of ketones is 1. The number of H-pyrrole nitrogens is 1. The largest absolute Gasteiger partial charge is 0.300 e. The number of carbonyl (C=O) groups is 1. The minimum Gasteiger partial charge on any atom is -0.300 e. The van der Waals surface area contributed by atoms with E-state index in [-0.39, 0.29) is 18.0 Å². The normalized spacial score (nSPS) is 11.4. The molecule has 2 rings (SSSR count). The van der Waals surface area contributed by atoms with Crippen molar-refractivity contribution in [1.82, 2.24) is 15.2 Å². The molecule has 2 aromatic rings. The average molecular weight is 316 g/mol. The van der Waals surface area contributed by atoms with Crippen LogP contribution in [0.15, 0.2) is 23.4 Å². The summed E-state index contributed by atoms with van der Waals surface area (Å²) in [5.74, 6) is -2.35. The van der Waals surface area contributed by atoms with E-state index in [9.17, 15) is 22.0 Å². The molecule has 0 aliphatic heterocycles. The number of nitrogens with zero attached hydrogens (tertiary/aromatic N) is 2. The lowest BCUT2D eigenvalue weighted by molar-refractivity contribution is -0.116. The molecule has 1 aromatic carbocycles. The number of aromatic nitrogens is 3. The van der Waals surface area contributed by atoms with Crippen LogP contribution in [0.5, 0.6) is 0 Å². The van der Waals surface area contributed by atoms with Gasteiger partial charge >= 0.3 is 0 Å². The Morgan fingerprint density at radius 1 is 1.33 bits per heavy atom. The summed E-state index contributed by atoms with van der Waals surface area (Å²) < 4.78 is 52.4. The van der Waals surface area contributed by atoms with E-state index in [1.807, 2.05) is 0 Å². The molecule has 10 heteroatoms. The van der Waals surface area contributed by atoms with Crippen molar-refractivity contribution in [1.29, 1.82) is 0 Å². The number of Topliss-reactive ketones (excluding diaryl/α,β-unsaturated/α-hetero) is 1. The van der Waals surface area contributed by atoms with Gasteiger partial charge in [-0.05, 0) is 19.1 Å². The highest BCUT2D eigenvalue weighted by atomic mass is 32.2. The number of anilines is 1. The van der Waals surface area contributed by atoms with Gasteiger partial charge in [-0.25, -0.2) is 13.8 Å². The molecule has 0 saturated carbocycles. The minimum atomic E-state index is -4.37. The SMILES string of the molecule is CC(=O)Cc1nc(S(=O)(=O)Nc2c(F)cccc2F)n[nH]1. The monoisotopic (exact) mass is 316 g/mol. The maximum Gasteiger partial charge on any atom is 0.299 e. The van der Waals surface area contributed by atoms with Crippen LogP contribution in [0.2, 0.25) is 0 Å². The Kier molecular flexibility index (Phi) is 3.98. The van der Waals surface area contributed by atoms with Gasteiger partial charge < -0.3 is 0 Å². The molecular weight excluding hydrogens is 306 g/mol. The molecule has 0 amide bonds. The lowest BCUT2D eigenvalue weighted by atomic mass is 10.3. The summed E-state index contributed by atoms with van der Waals surface area (Å²) in [6.45, 7) is 1.30. The van der Waals surface area contributed by atoms with Gasteiger partial charge in [0.1, 0.15) is 28.9 Å². The predicted molar refractivity (Wildman–Crippen MR) is 67.9 cm³/mol. The highest BCUT2D eigenvalue weighted by molar-refractivity contribution is 7.92. The van der Waals surface area contributed by atoms with E-state index in [1.54, 1.807) is 4.72 Å². The zero-order valence-corrected chi connectivity index (χ0v) is 11.5. The van der Waals surface area contributed by atoms with E-state index < -0.39 is 32.5 Å². The fourth-order valence-corrected chi connectivity index (χ4v) is 2.44. The third-order valence-electron chi connectivity index (χ3n) is 2.37. The summed E-state index contributed by atoms with van der Waals surface area (Å²) in [5, 5.41) is 4.98. The second kappa shape index (κ2) is 5.56. The molecule has 0 spiro atoms. The van der Waals surface area contributed by atoms with E-state index in [0.29, 0.717) is 0 Å². The van der Waals surface area contributed by atoms with Gasteiger partial charge in [0, 0.05) is 0 Å². The van der Waals surface area contributed by atoms with Crippen molar-refractivity contribution in [3.8, 4) is 0 Å². The van der Waals surface area contributed by atoms with Crippen molar-refractivity contribution >= 4 is 21.5 Å². The van der Waals surface area contributed by atoms with Crippen LogP contribution in [0.4, 0.5) is 14.5 Å². The number of halogens is 2. The summed E-state index contributed by atoms with van der Waals surface area (Å²) in [5.41, 5.74) is -0.824. The predicted octanol–water partition coefficient (Wildman–Crippen LogP) is 1.02. The van der Waals surface area contributed by atoms with Gasteiger partial charge in [-0.1, -0.05) is 6.07 Å². The van der Waals surface area contributed by atoms with Crippen molar-refractivity contribution in [2.75, 3.05) is 4.72 Å². The lowest BCUT2D eigenvalue weighted by Gasteiger charge is -2.06. The van der Waals surface area contributed by atoms with E-state index in [1.165, 1.54) is 6.92 Å². The van der Waals surface area contributed by atoms with Gasteiger partial charge in [-0.2, -0.15) is 8.42 Å². The van der Waals surface area contributed by atoms with Crippen molar-refractivity contribution in [3.63, 3.8) is 0 Å². The summed E-state index contributed by atoms with van der Waals surface area (Å²) in [7, 11) is -4.37. The Labute approximate surface area is 118 Å². The second-order valence-corrected chi connectivity index (χ2v) is 5.72. The Morgan fingerprint density at radius 3 is 2.52 bits per heavy atom. The molecule has 0 unspecified atom stereocenters. The molecule has 1 aromatic heterocycles. The molecule has 0 radical (unpaired) electrons. The zero-order chi connectivity index (χ0) is 15.6. The number of rotatable bonds is 5. The first kappa shape index (κ1) is 15.0. The molecule has 7 nitrogen and oxygen atoms in total. The number of nitrogens with one attached hydrogen (secondary N) is 2. The van der Waals surface area contributed by atoms with Gasteiger partial charge in [-0.3, -0.25) is 14.6 Å². The molecule has 0 saturated heterocycles. The fraction of sp³-hybridized carbons (Fsp3) is 0.182. The second-order valence-electron chi connectivity index (χ2n) is 4.15. The van der Waals surface area contributed by atoms with E-state index in [2.05, 4.69) is 15.2 Å². The maximum atomic E-state index is 13.4. The molecule has 0 fully saturated rings. The summed E-state index contributed by atoms with van der Waals surface area (Å²) in [6.07, 6.45) is -0.128. The number of para-hydroxylation sites is 1. The number of carbonyl (C=O) groups excluding carboxylic acids is 1. The summed E-state index contributed by atoms with van der Waals surface area (Å²) in [6, 6.07) is 2.90. The lowest BCUT2D eigenvalue weighted by Crippen LogP contribution is -2.16. The van der Waals surface area contributed by atoms with Gasteiger partial charge in [0.25, 0.3) is 15.2 Å². The minimum absolute atomic E-state index is 0.0388. The zero-order valence-electron chi connectivity index (χ0n) is 10.7. The van der Waals surface area contributed by atoms with Crippen molar-refractivity contribution < 1.29 is 22.0 Å². The quantitative estimate of drug-likeness (QED) is 0.856. The highest BCUT2D eigenvalue weighted by Gasteiger charge is 2.23. The van der Waals surface area contributed by atoms with Crippen molar-refractivity contribution in [2.45, 2.75) is 18.5 Å². The number of hydrogen-bond donors (Lipinski definition) is 2. The first-order valence-corrected chi connectivity index (χ1v) is 7.15. The molecule has 112 valence electrons. The fourth-order valence-electron chi connectivity index (χ4n) is 1.49. The first-order valence-electron chi connectivity index (χ1n) is 5.67. The van der Waals surface area contributed by atoms with Crippen LogP contribution in [-0.4, -0.2) is 29.4 Å². The number of benzene rings is 1. The van der Waals surface area contributed by atoms with Gasteiger partial charge in [0.15, 0.2) is 0 Å². The van der Waals surface area contributed by atoms with Gasteiger partial charge in [0.05, 0.1) is 6.42 Å². The topological polar surface area (TPSA) is 105 Å². The van der Waals surface area contributed by atoms with Crippen LogP contribution < -0.4 is 4.72 Å². The number of hydrogen-bond acceptors (Lipinski definition) is 5. The maximum absolute atomic E-state index is 13.4. The van der Waals surface area contributed by atoms with E-state index in [0.717, 1.165) is 18.2 Å². The third-order valence-corrected chi connectivity index (χ3v) is 3.50. The number of aromatic amines is 1. The smallest absolute Gasteiger partial charge is 0.299 e. The van der Waals surface area contributed by atoms with E-state index in [4.69, 9.17) is 0 Å². The van der Waals surface area contributed by atoms with Gasteiger partial charge in [-0.15, -0.1) is 5.10 Å². The van der Waals surface area contributed by atoms with Gasteiger partial charge in [0.2, 0.25) is 0 Å². The Balaban J connectivity index is 2.30. The first-order chi connectivity index (χ1) is 9.79. The highest BCUT2D eigenvalue weighted by Crippen LogP contribution is 2.21. The van der Waals surface area contributed by atoms with Crippen LogP contribution in [-0.2, 0) is 21.2 Å². The van der Waals surface area contributed by atoms with Crippen LogP contribution in [0.25, 0.3) is 0 Å². The summed E-state index contributed by atoms with van der Waals surface area (Å²) in [4.78, 5) is 14.5. The Hall–Kier alpha value is -2.36.